The van der Waals surface area contributed by atoms with E-state index < -0.39 is 17.3 Å². The lowest BCUT2D eigenvalue weighted by Crippen LogP contribution is -2.54. The number of halogens is 3. The van der Waals surface area contributed by atoms with Crippen molar-refractivity contribution in [2.75, 3.05) is 63.1 Å². The van der Waals surface area contributed by atoms with Gasteiger partial charge in [-0.25, -0.2) is 13.6 Å². The van der Waals surface area contributed by atoms with E-state index in [4.69, 9.17) is 16.3 Å². The predicted molar refractivity (Wildman–Crippen MR) is 157 cm³/mol. The number of thioether (sulfide) groups is 1. The lowest BCUT2D eigenvalue weighted by Gasteiger charge is -2.41. The third kappa shape index (κ3) is 5.13. The minimum absolute atomic E-state index is 0.130. The van der Waals surface area contributed by atoms with E-state index in [-0.39, 0.29) is 23.6 Å². The van der Waals surface area contributed by atoms with E-state index in [1.807, 2.05) is 11.8 Å². The number of anilines is 1. The molecule has 1 aromatic heterocycles. The van der Waals surface area contributed by atoms with Gasteiger partial charge < -0.3 is 14.5 Å². The number of amides is 1. The van der Waals surface area contributed by atoms with Crippen LogP contribution in [0.2, 0.25) is 5.02 Å². The zero-order valence-electron chi connectivity index (χ0n) is 22.6. The van der Waals surface area contributed by atoms with Gasteiger partial charge >= 0.3 is 5.69 Å². The van der Waals surface area contributed by atoms with Gasteiger partial charge in [-0.2, -0.15) is 4.98 Å². The van der Waals surface area contributed by atoms with E-state index in [0.717, 1.165) is 19.2 Å². The van der Waals surface area contributed by atoms with Crippen LogP contribution in [0.4, 0.5) is 14.6 Å². The third-order valence-corrected chi connectivity index (χ3v) is 9.58. The molecule has 6 rings (SSSR count). The third-order valence-electron chi connectivity index (χ3n) is 8.04. The van der Waals surface area contributed by atoms with E-state index in [9.17, 15) is 14.0 Å². The highest BCUT2D eigenvalue weighted by Crippen LogP contribution is 2.48. The van der Waals surface area contributed by atoms with Crippen molar-refractivity contribution in [2.24, 2.45) is 0 Å². The Bertz CT molecular complexity index is 1600. The van der Waals surface area contributed by atoms with Crippen LogP contribution >= 0.6 is 23.4 Å². The van der Waals surface area contributed by atoms with Crippen molar-refractivity contribution in [3.05, 3.63) is 64.1 Å². The van der Waals surface area contributed by atoms with Gasteiger partial charge in [-0.3, -0.25) is 14.3 Å². The maximum atomic E-state index is 15.1. The summed E-state index contributed by atoms with van der Waals surface area (Å²) in [5, 5.41) is 0.976. The van der Waals surface area contributed by atoms with Gasteiger partial charge in [-0.15, -0.1) is 11.8 Å². The second-order valence-corrected chi connectivity index (χ2v) is 12.0. The Kier molecular flexibility index (Phi) is 7.80. The van der Waals surface area contributed by atoms with Crippen molar-refractivity contribution in [3.8, 4) is 11.1 Å². The molecule has 8 nitrogen and oxygen atoms in total. The Morgan fingerprint density at radius 3 is 2.71 bits per heavy atom. The molecule has 0 spiro atoms. The number of hydrogen-bond acceptors (Lipinski definition) is 7. The van der Waals surface area contributed by atoms with E-state index in [1.165, 1.54) is 30.0 Å². The Balaban J connectivity index is 1.53. The first-order valence-corrected chi connectivity index (χ1v) is 15.0. The van der Waals surface area contributed by atoms with Crippen LogP contribution in [-0.2, 0) is 9.53 Å². The van der Waals surface area contributed by atoms with Crippen LogP contribution < -0.4 is 10.6 Å². The van der Waals surface area contributed by atoms with E-state index in [2.05, 4.69) is 16.5 Å². The van der Waals surface area contributed by atoms with Crippen LogP contribution in [0, 0.1) is 11.6 Å². The van der Waals surface area contributed by atoms with E-state index in [1.54, 1.807) is 15.5 Å². The molecule has 2 saturated heterocycles. The topological polar surface area (TPSA) is 70.9 Å². The first-order valence-electron chi connectivity index (χ1n) is 13.6. The molecule has 12 heteroatoms. The summed E-state index contributed by atoms with van der Waals surface area (Å²) >= 11 is 8.40. The van der Waals surface area contributed by atoms with Crippen molar-refractivity contribution in [1.29, 1.82) is 0 Å². The molecule has 0 bridgehead atoms. The molecule has 41 heavy (non-hydrogen) atoms. The second-order valence-electron chi connectivity index (χ2n) is 10.6. The van der Waals surface area contributed by atoms with Crippen molar-refractivity contribution < 1.29 is 18.3 Å². The summed E-state index contributed by atoms with van der Waals surface area (Å²) in [6, 6.07) is 4.87. The number of rotatable bonds is 5. The summed E-state index contributed by atoms with van der Waals surface area (Å²) in [5.74, 6) is -0.492. The summed E-state index contributed by atoms with van der Waals surface area (Å²) in [4.78, 5) is 37.4. The minimum atomic E-state index is -0.724. The molecule has 0 radical (unpaired) electrons. The Hall–Kier alpha value is -2.99. The monoisotopic (exact) mass is 601 g/mol. The summed E-state index contributed by atoms with van der Waals surface area (Å²) < 4.78 is 36.2. The molecule has 2 atom stereocenters. The van der Waals surface area contributed by atoms with Crippen LogP contribution in [0.1, 0.15) is 13.0 Å². The number of carbonyl (C=O) groups is 1. The van der Waals surface area contributed by atoms with Gasteiger partial charge in [0.25, 0.3) is 0 Å². The fourth-order valence-electron chi connectivity index (χ4n) is 6.04. The van der Waals surface area contributed by atoms with Crippen molar-refractivity contribution in [1.82, 2.24) is 19.4 Å². The summed E-state index contributed by atoms with van der Waals surface area (Å²) in [6.07, 6.45) is 1.30. The Labute approximate surface area is 245 Å². The first-order chi connectivity index (χ1) is 19.8. The molecule has 2 unspecified atom stereocenters. The van der Waals surface area contributed by atoms with E-state index in [0.29, 0.717) is 77.3 Å². The number of morpholine rings is 1. The zero-order valence-corrected chi connectivity index (χ0v) is 24.2. The molecule has 2 aromatic carbocycles. The molecule has 4 heterocycles. The van der Waals surface area contributed by atoms with Crippen LogP contribution in [-0.4, -0.2) is 89.5 Å². The van der Waals surface area contributed by atoms with Crippen LogP contribution in [0.3, 0.4) is 0 Å². The quantitative estimate of drug-likeness (QED) is 0.406. The van der Waals surface area contributed by atoms with Gasteiger partial charge in [0, 0.05) is 78.5 Å². The molecular formula is C29H30ClF2N5O3S. The average molecular weight is 602 g/mol. The van der Waals surface area contributed by atoms with Gasteiger partial charge in [0.05, 0.1) is 29.8 Å². The fraction of sp³-hybridized carbons (Fsp3) is 0.414. The van der Waals surface area contributed by atoms with Crippen molar-refractivity contribution in [3.63, 3.8) is 0 Å². The molecule has 0 N–H and O–H groups in total. The molecule has 3 aromatic rings. The highest BCUT2D eigenvalue weighted by Gasteiger charge is 2.34. The molecule has 2 fully saturated rings. The van der Waals surface area contributed by atoms with Gasteiger partial charge in [-0.05, 0) is 31.2 Å². The SMILES string of the molecule is C=CC(=O)N1CCN(c2nc(=O)n3c4c(c(-c5ccc(F)cc5F)c(Cl)cc24)SCC3CN2CCOCC2)C(C)C1. The summed E-state index contributed by atoms with van der Waals surface area (Å²) in [7, 11) is 0. The number of hydrogen-bond donors (Lipinski definition) is 0. The number of ether oxygens (including phenoxy) is 1. The zero-order chi connectivity index (χ0) is 28.8. The molecule has 3 aliphatic rings. The van der Waals surface area contributed by atoms with Gasteiger partial charge in [-0.1, -0.05) is 18.2 Å². The van der Waals surface area contributed by atoms with Gasteiger partial charge in [0.1, 0.15) is 17.5 Å². The van der Waals surface area contributed by atoms with Gasteiger partial charge in [0.15, 0.2) is 0 Å². The number of benzene rings is 2. The van der Waals surface area contributed by atoms with Crippen LogP contribution in [0.15, 0.2) is 46.6 Å². The maximum absolute atomic E-state index is 15.1. The lowest BCUT2D eigenvalue weighted by atomic mass is 10.0. The van der Waals surface area contributed by atoms with Crippen LogP contribution in [0.25, 0.3) is 22.0 Å². The summed E-state index contributed by atoms with van der Waals surface area (Å²) in [6.45, 7) is 10.4. The van der Waals surface area contributed by atoms with Crippen molar-refractivity contribution in [2.45, 2.75) is 23.9 Å². The minimum Gasteiger partial charge on any atom is -0.379 e. The van der Waals surface area contributed by atoms with Gasteiger partial charge in [0.2, 0.25) is 5.91 Å². The summed E-state index contributed by atoms with van der Waals surface area (Å²) in [5.41, 5.74) is 0.868. The first kappa shape index (κ1) is 28.1. The molecular weight excluding hydrogens is 572 g/mol. The highest BCUT2D eigenvalue weighted by molar-refractivity contribution is 7.99. The normalized spacial score (nSPS) is 21.4. The highest BCUT2D eigenvalue weighted by atomic mass is 35.5. The Morgan fingerprint density at radius 2 is 2.00 bits per heavy atom. The molecule has 1 amide bonds. The molecule has 3 aliphatic heterocycles. The maximum Gasteiger partial charge on any atom is 0.350 e. The fourth-order valence-corrected chi connectivity index (χ4v) is 7.72. The second kappa shape index (κ2) is 11.4. The standard InChI is InChI=1S/C29H30ClF2N5O3S/c1-3-24(38)35-6-7-36(17(2)14-35)28-21-13-22(30)25(20-5-4-18(31)12-23(20)32)27-26(21)37(29(39)33-28)19(16-41-27)15-34-8-10-40-11-9-34/h3-5,12-13,17,19H,1,6-11,14-16H2,2H3. The lowest BCUT2D eigenvalue weighted by molar-refractivity contribution is -0.126. The average Bonchev–Trinajstić information content (AvgIpc) is 2.96. The Morgan fingerprint density at radius 1 is 1.22 bits per heavy atom. The van der Waals surface area contributed by atoms with Crippen LogP contribution in [0.5, 0.6) is 0 Å². The largest absolute Gasteiger partial charge is 0.379 e. The predicted octanol–water partition coefficient (Wildman–Crippen LogP) is 4.20. The number of piperazine rings is 1. The molecule has 0 aliphatic carbocycles. The number of nitrogens with zero attached hydrogens (tertiary/aromatic N) is 5. The smallest absolute Gasteiger partial charge is 0.350 e. The number of aromatic nitrogens is 2. The van der Waals surface area contributed by atoms with Crippen molar-refractivity contribution >= 4 is 46.0 Å². The van der Waals surface area contributed by atoms with E-state index >= 15 is 4.39 Å². The molecule has 216 valence electrons. The molecule has 0 saturated carbocycles. The number of carbonyl (C=O) groups excluding carboxylic acids is 1.